The molecule has 0 saturated carbocycles. The van der Waals surface area contributed by atoms with Gasteiger partial charge in [0.25, 0.3) is 0 Å². The van der Waals surface area contributed by atoms with Crippen LogP contribution in [0.5, 0.6) is 0 Å². The molecule has 0 rings (SSSR count). The van der Waals surface area contributed by atoms with Gasteiger partial charge in [-0.15, -0.1) is 0 Å². The number of rotatable bonds is 18. The van der Waals surface area contributed by atoms with Crippen molar-refractivity contribution in [2.24, 2.45) is 0 Å². The highest BCUT2D eigenvalue weighted by Crippen LogP contribution is 2.10. The van der Waals surface area contributed by atoms with E-state index in [0.717, 1.165) is 44.9 Å². The molecule has 0 aliphatic heterocycles. The Hall–Kier alpha value is -2.01. The normalized spacial score (nSPS) is 11.4. The molecule has 1 unspecified atom stereocenters. The summed E-state index contributed by atoms with van der Waals surface area (Å²) >= 11 is 0. The third-order valence-electron chi connectivity index (χ3n) is 4.59. The molecule has 0 bridgehead atoms. The van der Waals surface area contributed by atoms with Crippen LogP contribution in [-0.4, -0.2) is 40.9 Å². The smallest absolute Gasteiger partial charge is 0.378 e. The van der Waals surface area contributed by atoms with Crippen LogP contribution in [0.4, 0.5) is 0 Å². The molecular formula is C22H38N2O5. The Morgan fingerprint density at radius 3 is 1.83 bits per heavy atom. The third-order valence-corrected chi connectivity index (χ3v) is 4.59. The molecule has 0 aromatic heterocycles. The molecular weight excluding hydrogens is 372 g/mol. The molecule has 0 aliphatic rings. The predicted octanol–water partition coefficient (Wildman–Crippen LogP) is 4.81. The van der Waals surface area contributed by atoms with Crippen LogP contribution in [0.1, 0.15) is 104 Å². The molecule has 0 amide bonds. The van der Waals surface area contributed by atoms with Gasteiger partial charge in [0.2, 0.25) is 11.9 Å². The molecule has 0 saturated heterocycles. The van der Waals surface area contributed by atoms with E-state index in [2.05, 4.69) is 11.7 Å². The number of Topliss-reactive ketones (excluding diaryl/α,β-unsaturated/α-hetero) is 1. The Morgan fingerprint density at radius 1 is 0.759 bits per heavy atom. The molecule has 0 fully saturated rings. The zero-order valence-corrected chi connectivity index (χ0v) is 18.4. The lowest BCUT2D eigenvalue weighted by molar-refractivity contribution is -0.158. The predicted molar refractivity (Wildman–Crippen MR) is 112 cm³/mol. The van der Waals surface area contributed by atoms with Gasteiger partial charge in [-0.25, -0.2) is 0 Å². The molecule has 166 valence electrons. The average molecular weight is 411 g/mol. The highest BCUT2D eigenvalue weighted by Gasteiger charge is 2.35. The van der Waals surface area contributed by atoms with Crippen molar-refractivity contribution < 1.29 is 28.6 Å². The van der Waals surface area contributed by atoms with Crippen LogP contribution in [0.15, 0.2) is 0 Å². The minimum atomic E-state index is -1.18. The van der Waals surface area contributed by atoms with Gasteiger partial charge in [0.05, 0.1) is 0 Å². The van der Waals surface area contributed by atoms with Crippen molar-refractivity contribution in [2.75, 3.05) is 6.61 Å². The number of carbonyl (C=O) groups excluding carboxylic acids is 3. The second-order valence-electron chi connectivity index (χ2n) is 7.29. The van der Waals surface area contributed by atoms with Gasteiger partial charge < -0.3 is 15.0 Å². The molecule has 29 heavy (non-hydrogen) atoms. The first-order valence-corrected chi connectivity index (χ1v) is 11.1. The van der Waals surface area contributed by atoms with Crippen molar-refractivity contribution in [3.05, 3.63) is 5.53 Å². The highest BCUT2D eigenvalue weighted by molar-refractivity contribution is 6.39. The van der Waals surface area contributed by atoms with E-state index < -0.39 is 23.8 Å². The summed E-state index contributed by atoms with van der Waals surface area (Å²) in [5.74, 6) is -1.31. The number of hydrogen-bond acceptors (Lipinski definition) is 5. The first-order valence-electron chi connectivity index (χ1n) is 11.1. The van der Waals surface area contributed by atoms with Crippen molar-refractivity contribution in [2.45, 2.75) is 110 Å². The van der Waals surface area contributed by atoms with Gasteiger partial charge in [0.15, 0.2) is 0 Å². The topological polar surface area (TPSA) is 106 Å². The number of ether oxygens (including phenoxy) is 2. The van der Waals surface area contributed by atoms with Gasteiger partial charge >= 0.3 is 17.7 Å². The second kappa shape index (κ2) is 18.0. The fourth-order valence-electron chi connectivity index (χ4n) is 2.81. The molecule has 0 radical (unpaired) electrons. The molecule has 0 aromatic carbocycles. The van der Waals surface area contributed by atoms with Crippen LogP contribution < -0.4 is 0 Å². The van der Waals surface area contributed by atoms with Gasteiger partial charge in [0.1, 0.15) is 6.61 Å². The van der Waals surface area contributed by atoms with E-state index in [1.807, 2.05) is 13.8 Å². The molecule has 0 aromatic rings. The standard InChI is InChI=1S/C22H38N2O5/c1-4-7-10-13-14-18(25)22(24-23)19(29-21(27)16-12-9-6-3)17-28-20(26)15-11-8-5-2/h19H,4-17H2,1-3H3. The maximum absolute atomic E-state index is 12.5. The fraction of sp³-hybridized carbons (Fsp3) is 0.818. The van der Waals surface area contributed by atoms with E-state index in [4.69, 9.17) is 9.47 Å². The number of esters is 2. The number of ketones is 1. The molecule has 7 heteroatoms. The molecule has 1 atom stereocenters. The second-order valence-corrected chi connectivity index (χ2v) is 7.29. The summed E-state index contributed by atoms with van der Waals surface area (Å²) in [6.45, 7) is 5.82. The van der Waals surface area contributed by atoms with Crippen molar-refractivity contribution in [3.63, 3.8) is 0 Å². The summed E-state index contributed by atoms with van der Waals surface area (Å²) in [6.07, 6.45) is 8.28. The Balaban J connectivity index is 4.92. The first-order chi connectivity index (χ1) is 14.0. The zero-order valence-electron chi connectivity index (χ0n) is 18.4. The van der Waals surface area contributed by atoms with E-state index in [9.17, 15) is 19.9 Å². The largest absolute Gasteiger partial charge is 0.461 e. The quantitative estimate of drug-likeness (QED) is 0.106. The Morgan fingerprint density at radius 2 is 1.28 bits per heavy atom. The van der Waals surface area contributed by atoms with E-state index in [1.54, 1.807) is 0 Å². The van der Waals surface area contributed by atoms with Crippen LogP contribution in [0.25, 0.3) is 5.53 Å². The van der Waals surface area contributed by atoms with Crippen molar-refractivity contribution in [1.29, 1.82) is 0 Å². The van der Waals surface area contributed by atoms with Gasteiger partial charge in [-0.2, -0.15) is 4.79 Å². The van der Waals surface area contributed by atoms with Gasteiger partial charge in [-0.3, -0.25) is 14.4 Å². The average Bonchev–Trinajstić information content (AvgIpc) is 2.70. The lowest BCUT2D eigenvalue weighted by Crippen LogP contribution is -2.38. The fourth-order valence-corrected chi connectivity index (χ4v) is 2.81. The zero-order chi connectivity index (χ0) is 21.9. The summed E-state index contributed by atoms with van der Waals surface area (Å²) < 4.78 is 10.5. The summed E-state index contributed by atoms with van der Waals surface area (Å²) in [4.78, 5) is 39.6. The highest BCUT2D eigenvalue weighted by atomic mass is 16.6. The van der Waals surface area contributed by atoms with Crippen molar-refractivity contribution in [3.8, 4) is 0 Å². The lowest BCUT2D eigenvalue weighted by Gasteiger charge is -2.14. The van der Waals surface area contributed by atoms with E-state index >= 15 is 0 Å². The Bertz CT molecular complexity index is 541. The van der Waals surface area contributed by atoms with Crippen LogP contribution >= 0.6 is 0 Å². The summed E-state index contributed by atoms with van der Waals surface area (Å²) in [5.41, 5.74) is 9.11. The summed E-state index contributed by atoms with van der Waals surface area (Å²) in [5, 5.41) is 0. The molecule has 0 spiro atoms. The van der Waals surface area contributed by atoms with Crippen molar-refractivity contribution >= 4 is 23.4 Å². The lowest BCUT2D eigenvalue weighted by atomic mass is 10.0. The summed E-state index contributed by atoms with van der Waals surface area (Å²) in [7, 11) is 0. The number of unbranched alkanes of at least 4 members (excludes halogenated alkanes) is 7. The number of carbonyl (C=O) groups is 3. The Kier molecular flexibility index (Phi) is 16.8. The van der Waals surface area contributed by atoms with E-state index in [-0.39, 0.29) is 31.6 Å². The molecule has 7 nitrogen and oxygen atoms in total. The molecule has 0 N–H and O–H groups in total. The summed E-state index contributed by atoms with van der Waals surface area (Å²) in [6, 6.07) is 0. The van der Waals surface area contributed by atoms with E-state index in [0.29, 0.717) is 19.3 Å². The van der Waals surface area contributed by atoms with Crippen LogP contribution in [-0.2, 0) is 23.9 Å². The van der Waals surface area contributed by atoms with Gasteiger partial charge in [-0.1, -0.05) is 65.7 Å². The van der Waals surface area contributed by atoms with E-state index in [1.165, 1.54) is 0 Å². The maximum Gasteiger partial charge on any atom is 0.378 e. The van der Waals surface area contributed by atoms with Crippen LogP contribution in [0.3, 0.4) is 0 Å². The maximum atomic E-state index is 12.5. The van der Waals surface area contributed by atoms with Gasteiger partial charge in [-0.05, 0) is 19.3 Å². The van der Waals surface area contributed by atoms with Gasteiger partial charge in [0, 0.05) is 19.3 Å². The number of hydrogen-bond donors (Lipinski definition) is 0. The molecule has 0 aliphatic carbocycles. The van der Waals surface area contributed by atoms with Crippen LogP contribution in [0.2, 0.25) is 0 Å². The first kappa shape index (κ1) is 27.0. The number of nitrogens with zero attached hydrogens (tertiary/aromatic N) is 2. The van der Waals surface area contributed by atoms with Crippen molar-refractivity contribution in [1.82, 2.24) is 0 Å². The minimum Gasteiger partial charge on any atom is -0.461 e. The van der Waals surface area contributed by atoms with Crippen LogP contribution in [0, 0.1) is 0 Å². The monoisotopic (exact) mass is 410 g/mol. The SMILES string of the molecule is CCCCCCC(=O)C(=[N+]=[N-])C(COC(=O)CCCCC)OC(=O)CCCCC. The minimum absolute atomic E-state index is 0.202. The third kappa shape index (κ3) is 13.7. The molecule has 0 heterocycles. The Labute approximate surface area is 175 Å².